The van der Waals surface area contributed by atoms with Crippen LogP contribution in [0.25, 0.3) is 0 Å². The molecule has 21 nitrogen and oxygen atoms in total. The standard InChI is InChI=1S/2C16H36N.12C2H5O.7O.6V/c2*1-5-9-13-17(14-10-6-2,15-11-7-3)16-12-8-4;12*1-2-3;;;;;;;;;;;;;/h2*5-16H2,1-4H3;12*2H2,1H3;;;;;;;;;;;;;/q2*+1;12*-1;7*-2;6*+4. The minimum atomic E-state index is 0. The fourth-order valence-electron chi connectivity index (χ4n) is 5.29. The SMILES string of the molecule is CCCC[N+](CCCC)(CCCC)CCCC.CCCC[N+](CCCC)(CCCC)CCCC.CC[O-].CC[O-].CC[O-].CC[O-].CC[O-].CC[O-].CC[O-].CC[O-].CC[O-].CC[O-].CC[O-].CC[O-].[O-2].[O-2].[O-2].[O-2].[O-2].[O-2].[O-2].[V+4].[V+4].[V+4].[V+4].[V+4].[V+4]. The number of rotatable bonds is 24. The number of hydrogen-bond acceptors (Lipinski definition) is 12. The van der Waals surface area contributed by atoms with E-state index >= 15 is 0 Å². The molecule has 0 aromatic heterocycles. The van der Waals surface area contributed by atoms with Gasteiger partial charge in [-0.15, -0.1) is 79.3 Å². The Morgan fingerprint density at radius 1 is 0.157 bits per heavy atom. The monoisotopic (exact) mass is 1440 g/mol. The van der Waals surface area contributed by atoms with Gasteiger partial charge in [0.15, 0.2) is 0 Å². The zero-order valence-electron chi connectivity index (χ0n) is 56.8. The van der Waals surface area contributed by atoms with Gasteiger partial charge in [-0.2, -0.15) is 0 Å². The van der Waals surface area contributed by atoms with Gasteiger partial charge in [0.05, 0.1) is 52.4 Å². The zero-order chi connectivity index (χ0) is 58.5. The topological polar surface area (TPSA) is 476 Å². The predicted octanol–water partition coefficient (Wildman–Crippen LogP) is 1.56. The van der Waals surface area contributed by atoms with E-state index in [-0.39, 0.29) is 229 Å². The molecule has 27 heteroatoms. The van der Waals surface area contributed by atoms with Crippen molar-refractivity contribution < 1.29 is 220 Å². The van der Waals surface area contributed by atoms with Crippen molar-refractivity contribution in [2.75, 3.05) is 132 Å². The Morgan fingerprint density at radius 2 is 0.205 bits per heavy atom. The van der Waals surface area contributed by atoms with Crippen LogP contribution in [-0.2, 0) is 150 Å². The van der Waals surface area contributed by atoms with Crippen LogP contribution < -0.4 is 61.3 Å². The Bertz CT molecular complexity index is 484. The van der Waals surface area contributed by atoms with Crippen LogP contribution in [0.1, 0.15) is 241 Å². The zero-order valence-corrected chi connectivity index (χ0v) is 65.2. The van der Waals surface area contributed by atoms with Crippen molar-refractivity contribution in [3.05, 3.63) is 0 Å². The van der Waals surface area contributed by atoms with E-state index < -0.39 is 0 Å². The van der Waals surface area contributed by atoms with Gasteiger partial charge in [0.2, 0.25) is 0 Å². The maximum absolute atomic E-state index is 8.93. The van der Waals surface area contributed by atoms with E-state index in [0.717, 1.165) is 0 Å². The molecule has 0 atom stereocenters. The molecule has 0 saturated carbocycles. The van der Waals surface area contributed by atoms with Crippen molar-refractivity contribution in [2.24, 2.45) is 0 Å². The van der Waals surface area contributed by atoms with Gasteiger partial charge in [0, 0.05) is 0 Å². The normalized spacial score (nSPS) is 7.52. The maximum Gasteiger partial charge on any atom is 4.00 e. The molecule has 0 saturated heterocycles. The first-order valence-electron chi connectivity index (χ1n) is 28.1. The van der Waals surface area contributed by atoms with Crippen molar-refractivity contribution in [1.82, 2.24) is 0 Å². The molecule has 83 heavy (non-hydrogen) atoms. The summed E-state index contributed by atoms with van der Waals surface area (Å²) in [5.74, 6) is 0. The Kier molecular flexibility index (Phi) is 496. The summed E-state index contributed by atoms with van der Waals surface area (Å²) in [6.45, 7) is 48.9. The van der Waals surface area contributed by atoms with Crippen LogP contribution in [0.4, 0.5) is 0 Å². The van der Waals surface area contributed by atoms with E-state index in [1.165, 1.54) is 164 Å². The van der Waals surface area contributed by atoms with Crippen molar-refractivity contribution in [1.29, 1.82) is 0 Å². The third-order valence-electron chi connectivity index (χ3n) is 7.89. The Morgan fingerprint density at radius 3 is 0.241 bits per heavy atom. The summed E-state index contributed by atoms with van der Waals surface area (Å²) in [7, 11) is 0. The van der Waals surface area contributed by atoms with Gasteiger partial charge < -0.3 is 109 Å². The fourth-order valence-corrected chi connectivity index (χ4v) is 5.29. The molecule has 0 aromatic carbocycles. The van der Waals surface area contributed by atoms with Gasteiger partial charge in [-0.3, -0.25) is 0 Å². The third kappa shape index (κ3) is 318. The summed E-state index contributed by atoms with van der Waals surface area (Å²) in [4.78, 5) is 0. The first-order valence-corrected chi connectivity index (χ1v) is 28.1. The number of quaternary nitrogens is 2. The second kappa shape index (κ2) is 231. The summed E-state index contributed by atoms with van der Waals surface area (Å²) in [6, 6.07) is 0. The quantitative estimate of drug-likeness (QED) is 0.124. The van der Waals surface area contributed by atoms with Crippen LogP contribution >= 0.6 is 0 Å². The minimum absolute atomic E-state index is 0. The molecule has 0 aromatic rings. The first kappa shape index (κ1) is 178. The summed E-state index contributed by atoms with van der Waals surface area (Å²) >= 11 is 0. The van der Waals surface area contributed by atoms with Gasteiger partial charge in [-0.1, -0.05) is 190 Å². The van der Waals surface area contributed by atoms with Crippen molar-refractivity contribution >= 4 is 0 Å². The average molecular weight is 1440 g/mol. The van der Waals surface area contributed by atoms with E-state index in [4.69, 9.17) is 61.3 Å². The Balaban J connectivity index is -0.0000000176. The number of nitrogens with zero attached hydrogens (tertiary/aromatic N) is 2. The molecule has 0 bridgehead atoms. The largest absolute Gasteiger partial charge is 4.00 e. The fraction of sp³-hybridized carbons (Fsp3) is 1.00. The van der Waals surface area contributed by atoms with Gasteiger partial charge in [0.25, 0.3) is 0 Å². The van der Waals surface area contributed by atoms with Crippen LogP contribution in [0, 0.1) is 0 Å². The maximum atomic E-state index is 8.93. The molecule has 510 valence electrons. The number of unbranched alkanes of at least 4 members (excludes halogenated alkanes) is 8. The molecule has 0 aliphatic rings. The van der Waals surface area contributed by atoms with Crippen LogP contribution in [0.3, 0.4) is 0 Å². The molecule has 6 radical (unpaired) electrons. The molecule has 0 fully saturated rings. The van der Waals surface area contributed by atoms with Crippen LogP contribution in [-0.4, -0.2) is 141 Å². The molecule has 0 heterocycles. The molecular weight excluding hydrogens is 1310 g/mol. The molecular formula is C56H132N2O19V6. The summed E-state index contributed by atoms with van der Waals surface area (Å²) < 4.78 is 2.84. The molecule has 0 aliphatic carbocycles. The molecule has 0 amide bonds. The van der Waals surface area contributed by atoms with Gasteiger partial charge in [-0.25, -0.2) is 0 Å². The number of hydrogen-bond donors (Lipinski definition) is 0. The Hall–Kier alpha value is 2.67. The van der Waals surface area contributed by atoms with E-state index in [1.54, 1.807) is 83.1 Å². The van der Waals surface area contributed by atoms with Gasteiger partial charge in [0.1, 0.15) is 0 Å². The van der Waals surface area contributed by atoms with Crippen molar-refractivity contribution in [3.63, 3.8) is 0 Å². The third-order valence-corrected chi connectivity index (χ3v) is 7.89. The second-order valence-electron chi connectivity index (χ2n) is 14.8. The van der Waals surface area contributed by atoms with Crippen LogP contribution in [0.2, 0.25) is 0 Å². The molecule has 0 aliphatic heterocycles. The summed E-state index contributed by atoms with van der Waals surface area (Å²) in [5.41, 5.74) is 0. The molecule has 0 rings (SSSR count). The minimum Gasteiger partial charge on any atom is -2.00 e. The van der Waals surface area contributed by atoms with Crippen molar-refractivity contribution in [3.8, 4) is 0 Å². The Labute approximate surface area is 588 Å². The average Bonchev–Trinajstić information content (AvgIpc) is 3.31. The second-order valence-corrected chi connectivity index (χ2v) is 14.8. The predicted molar refractivity (Wildman–Crippen MR) is 290 cm³/mol. The molecule has 0 spiro atoms. The van der Waals surface area contributed by atoms with E-state index in [0.29, 0.717) is 0 Å². The van der Waals surface area contributed by atoms with Crippen molar-refractivity contribution in [2.45, 2.75) is 241 Å². The van der Waals surface area contributed by atoms with Gasteiger partial charge >= 0.3 is 111 Å². The van der Waals surface area contributed by atoms with E-state index in [1.807, 2.05) is 0 Å². The van der Waals surface area contributed by atoms with Crippen LogP contribution in [0.15, 0.2) is 0 Å². The van der Waals surface area contributed by atoms with Gasteiger partial charge in [-0.05, 0) is 51.4 Å². The summed E-state index contributed by atoms with van der Waals surface area (Å²) in [5, 5.41) is 107. The summed E-state index contributed by atoms with van der Waals surface area (Å²) in [6.07, 6.45) is 22.1. The molecule has 0 unspecified atom stereocenters. The van der Waals surface area contributed by atoms with E-state index in [9.17, 15) is 0 Å². The molecule has 0 N–H and O–H groups in total. The first-order chi connectivity index (χ1) is 33.5. The van der Waals surface area contributed by atoms with Crippen LogP contribution in [0.5, 0.6) is 0 Å². The van der Waals surface area contributed by atoms with E-state index in [2.05, 4.69) is 55.4 Å². The smallest absolute Gasteiger partial charge is 2.00 e.